The van der Waals surface area contributed by atoms with Crippen molar-refractivity contribution in [3.63, 3.8) is 0 Å². The summed E-state index contributed by atoms with van der Waals surface area (Å²) >= 11 is 0. The molecule has 0 spiro atoms. The molecule has 0 amide bonds. The normalized spacial score (nSPS) is 13.1. The highest BCUT2D eigenvalue weighted by atomic mass is 19.4. The van der Waals surface area contributed by atoms with Gasteiger partial charge in [-0.2, -0.15) is 13.2 Å². The Morgan fingerprint density at radius 2 is 1.70 bits per heavy atom. The molecule has 0 fully saturated rings. The van der Waals surface area contributed by atoms with Crippen molar-refractivity contribution in [3.8, 4) is 11.5 Å². The Morgan fingerprint density at radius 1 is 1.10 bits per heavy atom. The Kier molecular flexibility index (Phi) is 6.13. The monoisotopic (exact) mass is 291 g/mol. The van der Waals surface area contributed by atoms with E-state index < -0.39 is 18.6 Å². The van der Waals surface area contributed by atoms with E-state index in [1.807, 2.05) is 13.8 Å². The molecule has 1 atom stereocenters. The van der Waals surface area contributed by atoms with Gasteiger partial charge in [-0.25, -0.2) is 0 Å². The van der Waals surface area contributed by atoms with E-state index in [4.69, 9.17) is 9.47 Å². The summed E-state index contributed by atoms with van der Waals surface area (Å²) in [5.41, 5.74) is 0.525. The Labute approximate surface area is 117 Å². The van der Waals surface area contributed by atoms with Crippen molar-refractivity contribution in [2.24, 2.45) is 0 Å². The molecule has 0 aliphatic heterocycles. The van der Waals surface area contributed by atoms with Crippen LogP contribution in [0, 0.1) is 0 Å². The van der Waals surface area contributed by atoms with Gasteiger partial charge < -0.3 is 14.8 Å². The zero-order chi connectivity index (χ0) is 15.2. The molecule has 1 aromatic rings. The van der Waals surface area contributed by atoms with Crippen molar-refractivity contribution in [2.75, 3.05) is 20.3 Å². The average molecular weight is 291 g/mol. The number of nitrogens with one attached hydrogen (secondary N) is 1. The summed E-state index contributed by atoms with van der Waals surface area (Å²) in [4.78, 5) is 0. The molecule has 0 saturated carbocycles. The van der Waals surface area contributed by atoms with Gasteiger partial charge in [0.15, 0.2) is 11.5 Å². The third-order valence-electron chi connectivity index (χ3n) is 2.75. The SMILES string of the molecule is CCOc1ccc(C(CC(F)(F)F)NC)cc1OCC. The number of benzene rings is 1. The molecule has 0 heterocycles. The lowest BCUT2D eigenvalue weighted by Crippen LogP contribution is -2.23. The van der Waals surface area contributed by atoms with Crippen molar-refractivity contribution < 1.29 is 22.6 Å². The summed E-state index contributed by atoms with van der Waals surface area (Å²) in [6, 6.07) is 4.07. The molecule has 1 N–H and O–H groups in total. The van der Waals surface area contributed by atoms with Crippen molar-refractivity contribution in [1.82, 2.24) is 5.32 Å². The Morgan fingerprint density at radius 3 is 2.20 bits per heavy atom. The predicted molar refractivity (Wildman–Crippen MR) is 71.3 cm³/mol. The maximum atomic E-state index is 12.5. The van der Waals surface area contributed by atoms with Crippen LogP contribution in [0.15, 0.2) is 18.2 Å². The maximum Gasteiger partial charge on any atom is 0.390 e. The van der Waals surface area contributed by atoms with E-state index in [1.54, 1.807) is 18.2 Å². The highest BCUT2D eigenvalue weighted by molar-refractivity contribution is 5.44. The molecule has 114 valence electrons. The van der Waals surface area contributed by atoms with E-state index in [0.717, 1.165) is 0 Å². The molecule has 1 aromatic carbocycles. The molecule has 0 aromatic heterocycles. The van der Waals surface area contributed by atoms with E-state index in [2.05, 4.69) is 5.32 Å². The first-order chi connectivity index (χ1) is 9.41. The second-order valence-electron chi connectivity index (χ2n) is 4.23. The van der Waals surface area contributed by atoms with Gasteiger partial charge in [0.2, 0.25) is 0 Å². The van der Waals surface area contributed by atoms with Crippen molar-refractivity contribution in [2.45, 2.75) is 32.5 Å². The fraction of sp³-hybridized carbons (Fsp3) is 0.571. The van der Waals surface area contributed by atoms with Crippen LogP contribution in [0.3, 0.4) is 0 Å². The minimum absolute atomic E-state index is 0.424. The van der Waals surface area contributed by atoms with Crippen LogP contribution in [0.25, 0.3) is 0 Å². The lowest BCUT2D eigenvalue weighted by Gasteiger charge is -2.20. The minimum Gasteiger partial charge on any atom is -0.490 e. The molecule has 0 aliphatic carbocycles. The number of ether oxygens (including phenoxy) is 2. The third kappa shape index (κ3) is 4.92. The van der Waals surface area contributed by atoms with Crippen LogP contribution in [-0.4, -0.2) is 26.4 Å². The van der Waals surface area contributed by atoms with Gasteiger partial charge in [-0.1, -0.05) is 6.07 Å². The molecule has 0 saturated heterocycles. The first-order valence-electron chi connectivity index (χ1n) is 6.54. The van der Waals surface area contributed by atoms with Crippen LogP contribution in [0.5, 0.6) is 11.5 Å². The molecule has 0 bridgehead atoms. The smallest absolute Gasteiger partial charge is 0.390 e. The lowest BCUT2D eigenvalue weighted by atomic mass is 10.0. The highest BCUT2D eigenvalue weighted by Crippen LogP contribution is 2.34. The van der Waals surface area contributed by atoms with Crippen LogP contribution in [-0.2, 0) is 0 Å². The number of alkyl halides is 3. The van der Waals surface area contributed by atoms with Crippen LogP contribution in [0.4, 0.5) is 13.2 Å². The van der Waals surface area contributed by atoms with Crippen molar-refractivity contribution in [1.29, 1.82) is 0 Å². The number of rotatable bonds is 7. The van der Waals surface area contributed by atoms with Gasteiger partial charge in [0.25, 0.3) is 0 Å². The number of hydrogen-bond acceptors (Lipinski definition) is 3. The molecule has 1 rings (SSSR count). The lowest BCUT2D eigenvalue weighted by molar-refractivity contribution is -0.140. The molecule has 20 heavy (non-hydrogen) atoms. The summed E-state index contributed by atoms with van der Waals surface area (Å²) in [6.07, 6.45) is -5.15. The van der Waals surface area contributed by atoms with Crippen LogP contribution in [0.2, 0.25) is 0 Å². The van der Waals surface area contributed by atoms with Crippen LogP contribution < -0.4 is 14.8 Å². The first kappa shape index (κ1) is 16.6. The van der Waals surface area contributed by atoms with Gasteiger partial charge in [0.05, 0.1) is 19.6 Å². The van der Waals surface area contributed by atoms with E-state index in [9.17, 15) is 13.2 Å². The molecule has 3 nitrogen and oxygen atoms in total. The highest BCUT2D eigenvalue weighted by Gasteiger charge is 2.32. The summed E-state index contributed by atoms with van der Waals surface area (Å²) in [6.45, 7) is 4.54. The van der Waals surface area contributed by atoms with E-state index in [-0.39, 0.29) is 0 Å². The molecular weight excluding hydrogens is 271 g/mol. The van der Waals surface area contributed by atoms with Gasteiger partial charge >= 0.3 is 6.18 Å². The Hall–Kier alpha value is -1.43. The molecule has 0 radical (unpaired) electrons. The van der Waals surface area contributed by atoms with Gasteiger partial charge in [-0.15, -0.1) is 0 Å². The van der Waals surface area contributed by atoms with E-state index >= 15 is 0 Å². The standard InChI is InChI=1S/C14H20F3NO2/c1-4-19-12-7-6-10(8-13(12)20-5-2)11(18-3)9-14(15,16)17/h6-8,11,18H,4-5,9H2,1-3H3. The fourth-order valence-corrected chi connectivity index (χ4v) is 1.90. The van der Waals surface area contributed by atoms with E-state index in [0.29, 0.717) is 30.3 Å². The summed E-state index contributed by atoms with van der Waals surface area (Å²) < 4.78 is 48.4. The zero-order valence-corrected chi connectivity index (χ0v) is 11.9. The molecular formula is C14H20F3NO2. The van der Waals surface area contributed by atoms with Crippen molar-refractivity contribution in [3.05, 3.63) is 23.8 Å². The van der Waals surface area contributed by atoms with Gasteiger partial charge in [-0.3, -0.25) is 0 Å². The van der Waals surface area contributed by atoms with E-state index in [1.165, 1.54) is 7.05 Å². The predicted octanol–water partition coefficient (Wildman–Crippen LogP) is 3.70. The number of halogens is 3. The second kappa shape index (κ2) is 7.38. The third-order valence-corrected chi connectivity index (χ3v) is 2.75. The maximum absolute atomic E-state index is 12.5. The Bertz CT molecular complexity index is 421. The second-order valence-corrected chi connectivity index (χ2v) is 4.23. The summed E-state index contributed by atoms with van der Waals surface area (Å²) in [5.74, 6) is 1.01. The van der Waals surface area contributed by atoms with Gasteiger partial charge in [0.1, 0.15) is 0 Å². The van der Waals surface area contributed by atoms with Crippen LogP contribution >= 0.6 is 0 Å². The zero-order valence-electron chi connectivity index (χ0n) is 11.9. The van der Waals surface area contributed by atoms with Crippen LogP contribution in [0.1, 0.15) is 31.9 Å². The first-order valence-corrected chi connectivity index (χ1v) is 6.54. The molecule has 0 aliphatic rings. The molecule has 1 unspecified atom stereocenters. The minimum atomic E-state index is -4.22. The molecule has 6 heteroatoms. The van der Waals surface area contributed by atoms with Crippen molar-refractivity contribution >= 4 is 0 Å². The fourth-order valence-electron chi connectivity index (χ4n) is 1.90. The summed E-state index contributed by atoms with van der Waals surface area (Å²) in [7, 11) is 1.51. The van der Waals surface area contributed by atoms with Gasteiger partial charge in [-0.05, 0) is 38.6 Å². The number of hydrogen-bond donors (Lipinski definition) is 1. The topological polar surface area (TPSA) is 30.5 Å². The van der Waals surface area contributed by atoms with Gasteiger partial charge in [0, 0.05) is 6.04 Å². The largest absolute Gasteiger partial charge is 0.490 e. The Balaban J connectivity index is 3.01. The average Bonchev–Trinajstić information content (AvgIpc) is 2.37. The summed E-state index contributed by atoms with van der Waals surface area (Å²) in [5, 5.41) is 2.68. The quantitative estimate of drug-likeness (QED) is 0.831.